The van der Waals surface area contributed by atoms with E-state index in [1.54, 1.807) is 48.3 Å². The van der Waals surface area contributed by atoms with Crippen molar-refractivity contribution in [1.29, 1.82) is 0 Å². The molecule has 146 valence electrons. The molecule has 0 spiro atoms. The molecule has 2 aromatic rings. The molecule has 0 N–H and O–H groups in total. The predicted molar refractivity (Wildman–Crippen MR) is 104 cm³/mol. The molecule has 8 heteroatoms. The lowest BCUT2D eigenvalue weighted by Gasteiger charge is -2.22. The Morgan fingerprint density at radius 1 is 0.929 bits per heavy atom. The van der Waals surface area contributed by atoms with Crippen LogP contribution in [0.3, 0.4) is 0 Å². The molecule has 0 bridgehead atoms. The number of hydrogen-bond donors (Lipinski definition) is 0. The van der Waals surface area contributed by atoms with Crippen LogP contribution in [0.2, 0.25) is 5.02 Å². The van der Waals surface area contributed by atoms with Gasteiger partial charge in [0.25, 0.3) is 0 Å². The third kappa shape index (κ3) is 4.68. The van der Waals surface area contributed by atoms with Crippen LogP contribution >= 0.6 is 11.6 Å². The molecule has 1 aliphatic heterocycles. The number of urea groups is 1. The molecule has 1 aliphatic rings. The van der Waals surface area contributed by atoms with Gasteiger partial charge in [-0.1, -0.05) is 41.9 Å². The highest BCUT2D eigenvalue weighted by Crippen LogP contribution is 2.17. The maximum atomic E-state index is 12.5. The fourth-order valence-corrected chi connectivity index (χ4v) is 2.87. The maximum Gasteiger partial charge on any atom is 0.335 e. The van der Waals surface area contributed by atoms with Crippen LogP contribution in [0, 0.1) is 0 Å². The van der Waals surface area contributed by atoms with Crippen LogP contribution in [-0.2, 0) is 16.1 Å². The molecule has 7 nitrogen and oxygen atoms in total. The van der Waals surface area contributed by atoms with Crippen molar-refractivity contribution in [1.82, 2.24) is 14.7 Å². The van der Waals surface area contributed by atoms with E-state index in [9.17, 15) is 14.4 Å². The lowest BCUT2D eigenvalue weighted by Crippen LogP contribution is -2.41. The second-order valence-electron chi connectivity index (χ2n) is 6.42. The fourth-order valence-electron chi connectivity index (χ4n) is 2.74. The quantitative estimate of drug-likeness (QED) is 0.502. The number of halogens is 1. The van der Waals surface area contributed by atoms with Crippen molar-refractivity contribution in [2.75, 3.05) is 26.9 Å². The molecule has 3 rings (SSSR count). The van der Waals surface area contributed by atoms with Crippen molar-refractivity contribution in [3.8, 4) is 5.75 Å². The Hall–Kier alpha value is -2.90. The first-order valence-electron chi connectivity index (χ1n) is 8.74. The van der Waals surface area contributed by atoms with Crippen LogP contribution in [0.4, 0.5) is 4.79 Å². The average molecular weight is 402 g/mol. The number of rotatable bonds is 8. The molecule has 0 aromatic heterocycles. The zero-order valence-corrected chi connectivity index (χ0v) is 16.1. The molecular formula is C20H20ClN3O4. The van der Waals surface area contributed by atoms with E-state index >= 15 is 0 Å². The first kappa shape index (κ1) is 19.9. The van der Waals surface area contributed by atoms with E-state index in [1.807, 2.05) is 18.2 Å². The van der Waals surface area contributed by atoms with Gasteiger partial charge in [-0.25, -0.2) is 9.69 Å². The summed E-state index contributed by atoms with van der Waals surface area (Å²) in [7, 11) is 1.75. The Balaban J connectivity index is 1.52. The van der Waals surface area contributed by atoms with E-state index < -0.39 is 17.8 Å². The van der Waals surface area contributed by atoms with Gasteiger partial charge in [0.15, 0.2) is 0 Å². The van der Waals surface area contributed by atoms with E-state index in [0.717, 1.165) is 15.4 Å². The highest BCUT2D eigenvalue weighted by molar-refractivity contribution is 6.44. The lowest BCUT2D eigenvalue weighted by atomic mass is 10.2. The van der Waals surface area contributed by atoms with Gasteiger partial charge in [0.05, 0.1) is 13.2 Å². The third-order valence-electron chi connectivity index (χ3n) is 4.26. The van der Waals surface area contributed by atoms with E-state index in [4.69, 9.17) is 16.3 Å². The monoisotopic (exact) mass is 401 g/mol. The van der Waals surface area contributed by atoms with Crippen LogP contribution in [-0.4, -0.2) is 59.4 Å². The van der Waals surface area contributed by atoms with E-state index in [1.165, 1.54) is 0 Å². The minimum absolute atomic E-state index is 0.0126. The Bertz CT molecular complexity index is 858. The molecule has 1 heterocycles. The van der Waals surface area contributed by atoms with Crippen molar-refractivity contribution in [2.45, 2.75) is 6.54 Å². The summed E-state index contributed by atoms with van der Waals surface area (Å²) in [5.41, 5.74) is 0.781. The van der Waals surface area contributed by atoms with Gasteiger partial charge in [-0.2, -0.15) is 0 Å². The smallest absolute Gasteiger partial charge is 0.335 e. The van der Waals surface area contributed by atoms with E-state index in [0.29, 0.717) is 23.9 Å². The summed E-state index contributed by atoms with van der Waals surface area (Å²) in [5, 5.41) is 0.625. The molecule has 0 aliphatic carbocycles. The Labute approximate surface area is 168 Å². The first-order chi connectivity index (χ1) is 13.5. The van der Waals surface area contributed by atoms with Crippen molar-refractivity contribution < 1.29 is 19.1 Å². The summed E-state index contributed by atoms with van der Waals surface area (Å²) in [6, 6.07) is 15.4. The zero-order valence-electron chi connectivity index (χ0n) is 15.4. The number of imide groups is 2. The largest absolute Gasteiger partial charge is 0.492 e. The van der Waals surface area contributed by atoms with Crippen LogP contribution in [0.5, 0.6) is 5.75 Å². The van der Waals surface area contributed by atoms with Gasteiger partial charge in [-0.3, -0.25) is 19.4 Å². The van der Waals surface area contributed by atoms with Crippen molar-refractivity contribution in [3.63, 3.8) is 0 Å². The number of carbonyl (C=O) groups excluding carboxylic acids is 3. The topological polar surface area (TPSA) is 70.2 Å². The van der Waals surface area contributed by atoms with E-state index in [-0.39, 0.29) is 13.2 Å². The van der Waals surface area contributed by atoms with Gasteiger partial charge in [-0.05, 0) is 36.9 Å². The summed E-state index contributed by atoms with van der Waals surface area (Å²) < 4.78 is 5.61. The first-order valence-corrected chi connectivity index (χ1v) is 9.11. The van der Waals surface area contributed by atoms with Crippen molar-refractivity contribution in [3.05, 3.63) is 65.2 Å². The Morgan fingerprint density at radius 3 is 2.25 bits per heavy atom. The number of ether oxygens (including phenoxy) is 1. The molecule has 28 heavy (non-hydrogen) atoms. The Morgan fingerprint density at radius 2 is 1.57 bits per heavy atom. The average Bonchev–Trinajstić information content (AvgIpc) is 2.88. The highest BCUT2D eigenvalue weighted by atomic mass is 35.5. The van der Waals surface area contributed by atoms with Gasteiger partial charge in [0.2, 0.25) is 0 Å². The molecule has 1 fully saturated rings. The highest BCUT2D eigenvalue weighted by Gasteiger charge is 2.44. The van der Waals surface area contributed by atoms with Gasteiger partial charge in [0.1, 0.15) is 12.4 Å². The number of benzene rings is 2. The lowest BCUT2D eigenvalue weighted by molar-refractivity contribution is -0.144. The van der Waals surface area contributed by atoms with Crippen LogP contribution in [0.1, 0.15) is 5.56 Å². The normalized spacial score (nSPS) is 14.3. The molecule has 0 saturated carbocycles. The summed E-state index contributed by atoms with van der Waals surface area (Å²) in [5.74, 6) is -0.943. The third-order valence-corrected chi connectivity index (χ3v) is 4.51. The maximum absolute atomic E-state index is 12.5. The zero-order chi connectivity index (χ0) is 20.1. The minimum Gasteiger partial charge on any atom is -0.492 e. The number of hydrogen-bond acceptors (Lipinski definition) is 5. The van der Waals surface area contributed by atoms with Crippen molar-refractivity contribution >= 4 is 29.4 Å². The minimum atomic E-state index is -0.814. The summed E-state index contributed by atoms with van der Waals surface area (Å²) >= 11 is 5.83. The van der Waals surface area contributed by atoms with E-state index in [2.05, 4.69) is 0 Å². The van der Waals surface area contributed by atoms with Gasteiger partial charge >= 0.3 is 17.8 Å². The standard InChI is InChI=1S/C20H20ClN3O4/c1-22(11-12-28-17-9-7-16(21)8-10-17)14-24-19(26)18(25)23(20(24)27)13-15-5-3-2-4-6-15/h2-10H,11-14H2,1H3. The molecule has 0 radical (unpaired) electrons. The second-order valence-corrected chi connectivity index (χ2v) is 6.85. The molecular weight excluding hydrogens is 382 g/mol. The second kappa shape index (κ2) is 8.86. The van der Waals surface area contributed by atoms with Crippen LogP contribution in [0.25, 0.3) is 0 Å². The number of carbonyl (C=O) groups is 3. The predicted octanol–water partition coefficient (Wildman–Crippen LogP) is 2.60. The van der Waals surface area contributed by atoms with Gasteiger partial charge in [-0.15, -0.1) is 0 Å². The molecule has 1 saturated heterocycles. The molecule has 0 atom stereocenters. The van der Waals surface area contributed by atoms with Gasteiger partial charge in [0, 0.05) is 11.6 Å². The summed E-state index contributed by atoms with van der Waals surface area (Å²) in [6.45, 7) is 0.908. The molecule has 4 amide bonds. The van der Waals surface area contributed by atoms with Crippen LogP contribution < -0.4 is 4.74 Å². The number of nitrogens with zero attached hydrogens (tertiary/aromatic N) is 3. The number of amides is 4. The fraction of sp³-hybridized carbons (Fsp3) is 0.250. The van der Waals surface area contributed by atoms with Gasteiger partial charge < -0.3 is 4.74 Å². The molecule has 2 aromatic carbocycles. The summed E-state index contributed by atoms with van der Waals surface area (Å²) in [4.78, 5) is 40.6. The Kier molecular flexibility index (Phi) is 6.28. The SMILES string of the molecule is CN(CCOc1ccc(Cl)cc1)CN1C(=O)C(=O)N(Cc2ccccc2)C1=O. The van der Waals surface area contributed by atoms with Crippen molar-refractivity contribution in [2.24, 2.45) is 0 Å². The van der Waals surface area contributed by atoms with Crippen LogP contribution in [0.15, 0.2) is 54.6 Å². The molecule has 0 unspecified atom stereocenters. The summed E-state index contributed by atoms with van der Waals surface area (Å²) in [6.07, 6.45) is 0. The number of likely N-dealkylation sites (N-methyl/N-ethyl adjacent to an activating group) is 1.